The van der Waals surface area contributed by atoms with Gasteiger partial charge in [-0.15, -0.1) is 0 Å². The number of hydrogen-bond acceptors (Lipinski definition) is 3. The largest absolute Gasteiger partial charge is 0.392 e. The highest BCUT2D eigenvalue weighted by Crippen LogP contribution is 2.32. The second-order valence-electron chi connectivity index (χ2n) is 5.25. The highest BCUT2D eigenvalue weighted by atomic mass is 16.5. The Hall–Kier alpha value is -0.900. The molecule has 1 aromatic carbocycles. The van der Waals surface area contributed by atoms with Crippen LogP contribution >= 0.6 is 0 Å². The van der Waals surface area contributed by atoms with Crippen molar-refractivity contribution >= 4 is 0 Å². The Morgan fingerprint density at radius 3 is 2.72 bits per heavy atom. The quantitative estimate of drug-likeness (QED) is 0.855. The van der Waals surface area contributed by atoms with E-state index in [2.05, 4.69) is 6.92 Å². The van der Waals surface area contributed by atoms with Gasteiger partial charge in [0.15, 0.2) is 0 Å². The molecule has 0 radical (unpaired) electrons. The van der Waals surface area contributed by atoms with Gasteiger partial charge in [-0.25, -0.2) is 0 Å². The van der Waals surface area contributed by atoms with E-state index in [0.29, 0.717) is 12.5 Å². The summed E-state index contributed by atoms with van der Waals surface area (Å²) in [6.45, 7) is 4.12. The Kier molecular flexibility index (Phi) is 4.75. The van der Waals surface area contributed by atoms with Crippen LogP contribution in [0.3, 0.4) is 0 Å². The number of nitrogens with two attached hydrogens (primary N) is 1. The summed E-state index contributed by atoms with van der Waals surface area (Å²) in [5, 5.41) is 10.6. The molecule has 1 aromatic rings. The van der Waals surface area contributed by atoms with Crippen molar-refractivity contribution in [2.75, 3.05) is 19.8 Å². The van der Waals surface area contributed by atoms with Crippen LogP contribution in [0.5, 0.6) is 0 Å². The summed E-state index contributed by atoms with van der Waals surface area (Å²) < 4.78 is 5.44. The fourth-order valence-electron chi connectivity index (χ4n) is 2.88. The van der Waals surface area contributed by atoms with Crippen LogP contribution in [0, 0.1) is 11.8 Å². The maximum Gasteiger partial charge on any atom is 0.0653 e. The molecule has 1 fully saturated rings. The van der Waals surface area contributed by atoms with Gasteiger partial charge >= 0.3 is 0 Å². The van der Waals surface area contributed by atoms with Crippen LogP contribution in [0.1, 0.15) is 24.8 Å². The molecule has 0 bridgehead atoms. The minimum Gasteiger partial charge on any atom is -0.392 e. The van der Waals surface area contributed by atoms with Crippen molar-refractivity contribution in [1.82, 2.24) is 0 Å². The highest BCUT2D eigenvalue weighted by Gasteiger charge is 2.33. The Balaban J connectivity index is 2.12. The first kappa shape index (κ1) is 13.5. The van der Waals surface area contributed by atoms with E-state index in [1.807, 2.05) is 30.3 Å². The van der Waals surface area contributed by atoms with Gasteiger partial charge in [0.25, 0.3) is 0 Å². The number of ether oxygens (including phenoxy) is 1. The monoisotopic (exact) mass is 249 g/mol. The fraction of sp³-hybridized carbons (Fsp3) is 0.600. The summed E-state index contributed by atoms with van der Waals surface area (Å²) in [4.78, 5) is 0. The fourth-order valence-corrected chi connectivity index (χ4v) is 2.88. The van der Waals surface area contributed by atoms with Gasteiger partial charge in [0.2, 0.25) is 0 Å². The lowest BCUT2D eigenvalue weighted by Crippen LogP contribution is -2.39. The van der Waals surface area contributed by atoms with E-state index in [9.17, 15) is 5.11 Å². The van der Waals surface area contributed by atoms with Crippen LogP contribution in [0.15, 0.2) is 30.3 Å². The summed E-state index contributed by atoms with van der Waals surface area (Å²) in [5.41, 5.74) is 7.00. The Bertz CT molecular complexity index is 355. The number of aliphatic hydroxyl groups is 1. The zero-order chi connectivity index (χ0) is 13.0. The SMILES string of the molecule is CC1COCCC1C(O)C(CN)c1ccccc1. The molecular weight excluding hydrogens is 226 g/mol. The normalized spacial score (nSPS) is 27.7. The molecule has 3 N–H and O–H groups in total. The van der Waals surface area contributed by atoms with Crippen LogP contribution in [0.25, 0.3) is 0 Å². The number of rotatable bonds is 4. The summed E-state index contributed by atoms with van der Waals surface area (Å²) >= 11 is 0. The Morgan fingerprint density at radius 1 is 1.39 bits per heavy atom. The van der Waals surface area contributed by atoms with E-state index in [1.165, 1.54) is 0 Å². The maximum absolute atomic E-state index is 10.6. The van der Waals surface area contributed by atoms with Crippen molar-refractivity contribution < 1.29 is 9.84 Å². The molecule has 1 aliphatic heterocycles. The highest BCUT2D eigenvalue weighted by molar-refractivity contribution is 5.21. The van der Waals surface area contributed by atoms with Crippen LogP contribution in [-0.2, 0) is 4.74 Å². The summed E-state index contributed by atoms with van der Waals surface area (Å²) in [5.74, 6) is 0.704. The summed E-state index contributed by atoms with van der Waals surface area (Å²) in [6.07, 6.45) is 0.544. The van der Waals surface area contributed by atoms with E-state index in [0.717, 1.165) is 25.2 Å². The van der Waals surface area contributed by atoms with E-state index < -0.39 is 0 Å². The zero-order valence-corrected chi connectivity index (χ0v) is 11.0. The zero-order valence-electron chi connectivity index (χ0n) is 11.0. The molecule has 1 heterocycles. The average Bonchev–Trinajstić information content (AvgIpc) is 2.41. The lowest BCUT2D eigenvalue weighted by molar-refractivity contribution is -0.0379. The summed E-state index contributed by atoms with van der Waals surface area (Å²) in [6, 6.07) is 10.1. The predicted molar refractivity (Wildman–Crippen MR) is 72.3 cm³/mol. The van der Waals surface area contributed by atoms with Crippen LogP contribution in [0.4, 0.5) is 0 Å². The van der Waals surface area contributed by atoms with Crippen molar-refractivity contribution in [3.8, 4) is 0 Å². The van der Waals surface area contributed by atoms with E-state index in [-0.39, 0.29) is 17.9 Å². The minimum atomic E-state index is -0.378. The van der Waals surface area contributed by atoms with Crippen molar-refractivity contribution in [1.29, 1.82) is 0 Å². The predicted octanol–water partition coefficient (Wildman–Crippen LogP) is 1.76. The molecule has 0 aromatic heterocycles. The van der Waals surface area contributed by atoms with Crippen molar-refractivity contribution in [3.05, 3.63) is 35.9 Å². The van der Waals surface area contributed by atoms with Crippen molar-refractivity contribution in [3.63, 3.8) is 0 Å². The summed E-state index contributed by atoms with van der Waals surface area (Å²) in [7, 11) is 0. The van der Waals surface area contributed by atoms with Crippen molar-refractivity contribution in [2.45, 2.75) is 25.4 Å². The average molecular weight is 249 g/mol. The first-order chi connectivity index (χ1) is 8.74. The van der Waals surface area contributed by atoms with Gasteiger partial charge in [-0.1, -0.05) is 37.3 Å². The second kappa shape index (κ2) is 6.32. The molecule has 18 heavy (non-hydrogen) atoms. The van der Waals surface area contributed by atoms with E-state index in [4.69, 9.17) is 10.5 Å². The molecule has 100 valence electrons. The molecule has 0 aliphatic carbocycles. The lowest BCUT2D eigenvalue weighted by atomic mass is 9.77. The van der Waals surface area contributed by atoms with Gasteiger partial charge in [0, 0.05) is 25.7 Å². The van der Waals surface area contributed by atoms with Gasteiger partial charge in [0.05, 0.1) is 6.10 Å². The van der Waals surface area contributed by atoms with Gasteiger partial charge in [0.1, 0.15) is 0 Å². The molecule has 0 saturated carbocycles. The topological polar surface area (TPSA) is 55.5 Å². The molecule has 1 aliphatic rings. The number of aliphatic hydroxyl groups excluding tert-OH is 1. The molecule has 4 unspecified atom stereocenters. The first-order valence-electron chi connectivity index (χ1n) is 6.75. The lowest BCUT2D eigenvalue weighted by Gasteiger charge is -2.36. The number of benzene rings is 1. The smallest absolute Gasteiger partial charge is 0.0653 e. The van der Waals surface area contributed by atoms with Crippen LogP contribution < -0.4 is 5.73 Å². The number of hydrogen-bond donors (Lipinski definition) is 2. The maximum atomic E-state index is 10.6. The third-order valence-corrected chi connectivity index (χ3v) is 4.04. The molecule has 3 nitrogen and oxygen atoms in total. The molecule has 0 spiro atoms. The van der Waals surface area contributed by atoms with Gasteiger partial charge in [-0.3, -0.25) is 0 Å². The third-order valence-electron chi connectivity index (χ3n) is 4.04. The molecule has 1 saturated heterocycles. The van der Waals surface area contributed by atoms with Crippen molar-refractivity contribution in [2.24, 2.45) is 17.6 Å². The van der Waals surface area contributed by atoms with Crippen LogP contribution in [-0.4, -0.2) is 31.0 Å². The minimum absolute atomic E-state index is 0.0248. The Labute approximate surface area is 109 Å². The Morgan fingerprint density at radius 2 is 2.11 bits per heavy atom. The van der Waals surface area contributed by atoms with Crippen LogP contribution in [0.2, 0.25) is 0 Å². The molecule has 3 heteroatoms. The van der Waals surface area contributed by atoms with E-state index >= 15 is 0 Å². The molecule has 0 amide bonds. The van der Waals surface area contributed by atoms with Gasteiger partial charge < -0.3 is 15.6 Å². The second-order valence-corrected chi connectivity index (χ2v) is 5.25. The molecule has 4 atom stereocenters. The first-order valence-corrected chi connectivity index (χ1v) is 6.75. The third kappa shape index (κ3) is 2.91. The van der Waals surface area contributed by atoms with Gasteiger partial charge in [-0.2, -0.15) is 0 Å². The van der Waals surface area contributed by atoms with E-state index in [1.54, 1.807) is 0 Å². The standard InChI is InChI=1S/C15H23NO2/c1-11-10-18-8-7-13(11)15(17)14(9-16)12-5-3-2-4-6-12/h2-6,11,13-15,17H,7-10,16H2,1H3. The molecule has 2 rings (SSSR count). The molecular formula is C15H23NO2. The van der Waals surface area contributed by atoms with Gasteiger partial charge in [-0.05, 0) is 23.8 Å².